The molecule has 2 unspecified atom stereocenters. The molecule has 0 spiro atoms. The fraction of sp³-hybridized carbons (Fsp3) is 0.529. The van der Waals surface area contributed by atoms with Gasteiger partial charge in [0.2, 0.25) is 5.91 Å². The molecule has 2 N–H and O–H groups in total. The molecular formula is C17H26Cl2N4O. The van der Waals surface area contributed by atoms with Crippen LogP contribution in [0.5, 0.6) is 0 Å². The Morgan fingerprint density at radius 3 is 2.62 bits per heavy atom. The highest BCUT2D eigenvalue weighted by Crippen LogP contribution is 2.25. The summed E-state index contributed by atoms with van der Waals surface area (Å²) in [5.41, 5.74) is 2.10. The molecule has 1 aliphatic rings. The van der Waals surface area contributed by atoms with Crippen LogP contribution in [0.2, 0.25) is 0 Å². The van der Waals surface area contributed by atoms with E-state index in [-0.39, 0.29) is 42.8 Å². The number of nitrogens with zero attached hydrogens (tertiary/aromatic N) is 2. The molecular weight excluding hydrogens is 347 g/mol. The van der Waals surface area contributed by atoms with E-state index < -0.39 is 0 Å². The number of benzene rings is 1. The molecule has 1 aliphatic heterocycles. The zero-order valence-corrected chi connectivity index (χ0v) is 15.9. The molecule has 2 aromatic rings. The number of carbonyl (C=O) groups excluding carboxylic acids is 1. The molecule has 0 bridgehead atoms. The number of fused-ring (bicyclic) bond motifs is 1. The number of carbonyl (C=O) groups is 1. The van der Waals surface area contributed by atoms with Crippen molar-refractivity contribution in [2.45, 2.75) is 51.7 Å². The van der Waals surface area contributed by atoms with Gasteiger partial charge < -0.3 is 15.2 Å². The topological polar surface area (TPSA) is 59.0 Å². The van der Waals surface area contributed by atoms with Crippen molar-refractivity contribution in [1.29, 1.82) is 0 Å². The van der Waals surface area contributed by atoms with Gasteiger partial charge in [-0.15, -0.1) is 24.8 Å². The maximum atomic E-state index is 12.3. The van der Waals surface area contributed by atoms with Crippen molar-refractivity contribution >= 4 is 41.8 Å². The van der Waals surface area contributed by atoms with Gasteiger partial charge in [0.1, 0.15) is 5.82 Å². The molecule has 0 saturated carbocycles. The summed E-state index contributed by atoms with van der Waals surface area (Å²) in [5, 5.41) is 6.35. The van der Waals surface area contributed by atoms with Gasteiger partial charge in [-0.05, 0) is 52.3 Å². The first kappa shape index (κ1) is 20.7. The summed E-state index contributed by atoms with van der Waals surface area (Å²) in [6.07, 6.45) is 1.98. The van der Waals surface area contributed by atoms with Crippen LogP contribution in [0.25, 0.3) is 11.0 Å². The monoisotopic (exact) mass is 372 g/mol. The Balaban J connectivity index is 0.00000144. The van der Waals surface area contributed by atoms with Crippen LogP contribution in [0.1, 0.15) is 51.5 Å². The zero-order chi connectivity index (χ0) is 15.7. The van der Waals surface area contributed by atoms with Crippen molar-refractivity contribution < 1.29 is 4.79 Å². The summed E-state index contributed by atoms with van der Waals surface area (Å²) in [7, 11) is 0. The number of hydrogen-bond donors (Lipinski definition) is 2. The Hall–Kier alpha value is -1.30. The van der Waals surface area contributed by atoms with Crippen molar-refractivity contribution in [3.8, 4) is 0 Å². The molecule has 1 saturated heterocycles. The number of amides is 1. The standard InChI is InChI=1S/C17H24N4O.2ClH/c1-11(2)21-15-9-5-4-7-13(15)20-16(21)12(3)19-17(22)14-8-6-10-18-14;;/h4-5,7,9,11-12,14,18H,6,8,10H2,1-3H3,(H,19,22);2*1H. The van der Waals surface area contributed by atoms with E-state index in [1.807, 2.05) is 25.1 Å². The number of hydrogen-bond acceptors (Lipinski definition) is 3. The molecule has 0 radical (unpaired) electrons. The predicted octanol–water partition coefficient (Wildman–Crippen LogP) is 3.39. The Bertz CT molecular complexity index is 680. The van der Waals surface area contributed by atoms with Gasteiger partial charge in [0.05, 0.1) is 23.1 Å². The van der Waals surface area contributed by atoms with Gasteiger partial charge in [0, 0.05) is 6.04 Å². The summed E-state index contributed by atoms with van der Waals surface area (Å²) in [6.45, 7) is 7.22. The van der Waals surface area contributed by atoms with E-state index in [1.165, 1.54) is 0 Å². The summed E-state index contributed by atoms with van der Waals surface area (Å²) >= 11 is 0. The lowest BCUT2D eigenvalue weighted by Gasteiger charge is -2.20. The fourth-order valence-corrected chi connectivity index (χ4v) is 3.20. The molecule has 0 aliphatic carbocycles. The minimum absolute atomic E-state index is 0. The van der Waals surface area contributed by atoms with Crippen LogP contribution < -0.4 is 10.6 Å². The van der Waals surface area contributed by atoms with Gasteiger partial charge in [-0.25, -0.2) is 4.98 Å². The van der Waals surface area contributed by atoms with Crippen LogP contribution in [0, 0.1) is 0 Å². The molecule has 2 atom stereocenters. The van der Waals surface area contributed by atoms with Crippen molar-refractivity contribution in [2.75, 3.05) is 6.54 Å². The normalized spacial score (nSPS) is 18.1. The van der Waals surface area contributed by atoms with Gasteiger partial charge in [0.25, 0.3) is 0 Å². The number of nitrogens with one attached hydrogen (secondary N) is 2. The SMILES string of the molecule is CC(NC(=O)C1CCCN1)c1nc2ccccc2n1C(C)C.Cl.Cl. The second-order valence-electron chi connectivity index (χ2n) is 6.30. The van der Waals surface area contributed by atoms with E-state index in [0.29, 0.717) is 6.04 Å². The first-order valence-electron chi connectivity index (χ1n) is 8.08. The predicted molar refractivity (Wildman–Crippen MR) is 102 cm³/mol. The molecule has 7 heteroatoms. The second-order valence-corrected chi connectivity index (χ2v) is 6.30. The first-order valence-corrected chi connectivity index (χ1v) is 8.08. The van der Waals surface area contributed by atoms with E-state index in [1.54, 1.807) is 0 Å². The van der Waals surface area contributed by atoms with E-state index >= 15 is 0 Å². The third-order valence-corrected chi connectivity index (χ3v) is 4.26. The number of rotatable bonds is 4. The maximum absolute atomic E-state index is 12.3. The summed E-state index contributed by atoms with van der Waals surface area (Å²) < 4.78 is 2.21. The smallest absolute Gasteiger partial charge is 0.237 e. The first-order chi connectivity index (χ1) is 10.6. The van der Waals surface area contributed by atoms with Crippen molar-refractivity contribution in [1.82, 2.24) is 20.2 Å². The highest BCUT2D eigenvalue weighted by Gasteiger charge is 2.25. The lowest BCUT2D eigenvalue weighted by atomic mass is 10.2. The van der Waals surface area contributed by atoms with Gasteiger partial charge in [-0.2, -0.15) is 0 Å². The van der Waals surface area contributed by atoms with Crippen molar-refractivity contribution in [3.63, 3.8) is 0 Å². The lowest BCUT2D eigenvalue weighted by Crippen LogP contribution is -2.42. The second kappa shape index (κ2) is 8.70. The summed E-state index contributed by atoms with van der Waals surface area (Å²) in [5.74, 6) is 0.995. The van der Waals surface area contributed by atoms with Gasteiger partial charge in [0.15, 0.2) is 0 Å². The van der Waals surface area contributed by atoms with Crippen LogP contribution in [-0.2, 0) is 4.79 Å². The maximum Gasteiger partial charge on any atom is 0.237 e. The van der Waals surface area contributed by atoms with Crippen LogP contribution >= 0.6 is 24.8 Å². The number of halogens is 2. The van der Waals surface area contributed by atoms with Crippen molar-refractivity contribution in [2.24, 2.45) is 0 Å². The number of para-hydroxylation sites is 2. The summed E-state index contributed by atoms with van der Waals surface area (Å²) in [4.78, 5) is 17.1. The third-order valence-electron chi connectivity index (χ3n) is 4.26. The van der Waals surface area contributed by atoms with Gasteiger partial charge in [-0.1, -0.05) is 12.1 Å². The summed E-state index contributed by atoms with van der Waals surface area (Å²) in [6, 6.07) is 8.26. The molecule has 134 valence electrons. The third kappa shape index (κ3) is 4.02. The Kier molecular flexibility index (Phi) is 7.52. The number of aromatic nitrogens is 2. The molecule has 1 amide bonds. The molecule has 1 aromatic heterocycles. The molecule has 2 heterocycles. The average Bonchev–Trinajstić information content (AvgIpc) is 3.14. The Morgan fingerprint density at radius 2 is 2.00 bits per heavy atom. The van der Waals surface area contributed by atoms with Gasteiger partial charge >= 0.3 is 0 Å². The average molecular weight is 373 g/mol. The molecule has 24 heavy (non-hydrogen) atoms. The Morgan fingerprint density at radius 1 is 1.29 bits per heavy atom. The quantitative estimate of drug-likeness (QED) is 0.864. The fourth-order valence-electron chi connectivity index (χ4n) is 3.20. The minimum Gasteiger partial charge on any atom is -0.345 e. The van der Waals surface area contributed by atoms with Crippen LogP contribution in [0.15, 0.2) is 24.3 Å². The molecule has 1 aromatic carbocycles. The molecule has 3 rings (SSSR count). The van der Waals surface area contributed by atoms with Gasteiger partial charge in [-0.3, -0.25) is 4.79 Å². The van der Waals surface area contributed by atoms with E-state index in [2.05, 4.69) is 35.1 Å². The Labute approximate surface area is 155 Å². The minimum atomic E-state index is -0.107. The highest BCUT2D eigenvalue weighted by atomic mass is 35.5. The van der Waals surface area contributed by atoms with Crippen LogP contribution in [-0.4, -0.2) is 28.0 Å². The lowest BCUT2D eigenvalue weighted by molar-refractivity contribution is -0.123. The zero-order valence-electron chi connectivity index (χ0n) is 14.3. The van der Waals surface area contributed by atoms with E-state index in [9.17, 15) is 4.79 Å². The largest absolute Gasteiger partial charge is 0.345 e. The van der Waals surface area contributed by atoms with Crippen LogP contribution in [0.4, 0.5) is 0 Å². The van der Waals surface area contributed by atoms with E-state index in [4.69, 9.17) is 4.98 Å². The molecule has 1 fully saturated rings. The van der Waals surface area contributed by atoms with Crippen LogP contribution in [0.3, 0.4) is 0 Å². The molecule has 5 nitrogen and oxygen atoms in total. The number of imidazole rings is 1. The van der Waals surface area contributed by atoms with Crippen molar-refractivity contribution in [3.05, 3.63) is 30.1 Å². The van der Waals surface area contributed by atoms with E-state index in [0.717, 1.165) is 36.2 Å². The highest BCUT2D eigenvalue weighted by molar-refractivity contribution is 5.85.